The maximum atomic E-state index is 12.6. The molecule has 1 aliphatic rings. The van der Waals surface area contributed by atoms with Gasteiger partial charge >= 0.3 is 0 Å². The molecule has 1 aliphatic heterocycles. The van der Waals surface area contributed by atoms with E-state index in [1.54, 1.807) is 0 Å². The minimum atomic E-state index is -1.93. The van der Waals surface area contributed by atoms with Crippen molar-refractivity contribution in [1.82, 2.24) is 0 Å². The van der Waals surface area contributed by atoms with Crippen LogP contribution in [0.15, 0.2) is 34.9 Å². The molecular formula is C35H57FO2Si. The molecule has 0 unspecified atom stereocenters. The van der Waals surface area contributed by atoms with Gasteiger partial charge in [-0.1, -0.05) is 50.1 Å². The Labute approximate surface area is 241 Å². The van der Waals surface area contributed by atoms with Crippen LogP contribution in [0, 0.1) is 20.8 Å². The zero-order valence-electron chi connectivity index (χ0n) is 27.3. The van der Waals surface area contributed by atoms with Gasteiger partial charge in [0.25, 0.3) is 8.32 Å². The van der Waals surface area contributed by atoms with Crippen molar-refractivity contribution in [3.63, 3.8) is 0 Å². The summed E-state index contributed by atoms with van der Waals surface area (Å²) in [5, 5.41) is 0.166. The fourth-order valence-corrected chi connectivity index (χ4v) is 6.12. The van der Waals surface area contributed by atoms with Crippen LogP contribution in [0.1, 0.15) is 116 Å². The molecule has 0 aromatic heterocycles. The van der Waals surface area contributed by atoms with E-state index in [-0.39, 0.29) is 17.3 Å². The van der Waals surface area contributed by atoms with E-state index in [9.17, 15) is 4.39 Å². The van der Waals surface area contributed by atoms with Gasteiger partial charge in [-0.25, -0.2) is 4.39 Å². The van der Waals surface area contributed by atoms with E-state index in [1.807, 2.05) is 13.0 Å². The van der Waals surface area contributed by atoms with Crippen LogP contribution >= 0.6 is 0 Å². The van der Waals surface area contributed by atoms with Gasteiger partial charge < -0.3 is 9.16 Å². The first-order valence-electron chi connectivity index (χ1n) is 15.0. The van der Waals surface area contributed by atoms with Crippen molar-refractivity contribution < 1.29 is 13.6 Å². The van der Waals surface area contributed by atoms with Gasteiger partial charge in [0.1, 0.15) is 23.8 Å². The Morgan fingerprint density at radius 3 is 1.97 bits per heavy atom. The molecule has 0 radical (unpaired) electrons. The number of hydrogen-bond donors (Lipinski definition) is 0. The number of alkyl halides is 1. The number of hydrogen-bond acceptors (Lipinski definition) is 2. The van der Waals surface area contributed by atoms with Crippen molar-refractivity contribution in [3.8, 4) is 11.5 Å². The van der Waals surface area contributed by atoms with E-state index in [4.69, 9.17) is 9.16 Å². The van der Waals surface area contributed by atoms with Gasteiger partial charge in [-0.3, -0.25) is 0 Å². The van der Waals surface area contributed by atoms with E-state index in [0.29, 0.717) is 0 Å². The second-order valence-corrected chi connectivity index (χ2v) is 18.6. The molecule has 1 heterocycles. The molecular weight excluding hydrogens is 499 g/mol. The number of fused-ring (bicyclic) bond motifs is 1. The number of benzene rings is 1. The SMILES string of the molecule is C/C(=C\CC/C(C)=C/CC/C(C)=C/CC[C@]1(C)CCc2c(C)c(O[Si](C)(C)C(C)(C)C)c(C)c(C)c2O1)CF. The highest BCUT2D eigenvalue weighted by atomic mass is 28.4. The van der Waals surface area contributed by atoms with Crippen molar-refractivity contribution in [2.24, 2.45) is 0 Å². The Bertz CT molecular complexity index is 1090. The molecule has 0 N–H and O–H groups in total. The highest BCUT2D eigenvalue weighted by Gasteiger charge is 2.41. The van der Waals surface area contributed by atoms with Crippen LogP contribution < -0.4 is 9.16 Å². The Hall–Kier alpha value is -1.81. The Morgan fingerprint density at radius 2 is 1.44 bits per heavy atom. The third kappa shape index (κ3) is 9.10. The Kier molecular flexibility index (Phi) is 11.7. The summed E-state index contributed by atoms with van der Waals surface area (Å²) < 4.78 is 26.2. The van der Waals surface area contributed by atoms with E-state index in [1.165, 1.54) is 33.4 Å². The van der Waals surface area contributed by atoms with Crippen molar-refractivity contribution >= 4 is 8.32 Å². The van der Waals surface area contributed by atoms with Crippen molar-refractivity contribution in [3.05, 3.63) is 57.2 Å². The van der Waals surface area contributed by atoms with Crippen molar-refractivity contribution in [2.75, 3.05) is 6.67 Å². The van der Waals surface area contributed by atoms with Crippen LogP contribution in [0.3, 0.4) is 0 Å². The fourth-order valence-electron chi connectivity index (χ4n) is 4.99. The van der Waals surface area contributed by atoms with E-state index >= 15 is 0 Å². The van der Waals surface area contributed by atoms with Crippen LogP contribution in [0.25, 0.3) is 0 Å². The van der Waals surface area contributed by atoms with Gasteiger partial charge in [-0.15, -0.1) is 0 Å². The molecule has 0 fully saturated rings. The predicted molar refractivity (Wildman–Crippen MR) is 171 cm³/mol. The van der Waals surface area contributed by atoms with Crippen molar-refractivity contribution in [1.29, 1.82) is 0 Å². The number of allylic oxidation sites excluding steroid dienone is 6. The second-order valence-electron chi connectivity index (χ2n) is 13.8. The molecule has 0 aliphatic carbocycles. The Morgan fingerprint density at radius 1 is 0.897 bits per heavy atom. The van der Waals surface area contributed by atoms with Gasteiger partial charge in [-0.2, -0.15) is 0 Å². The third-order valence-electron chi connectivity index (χ3n) is 9.17. The van der Waals surface area contributed by atoms with E-state index < -0.39 is 8.32 Å². The molecule has 0 amide bonds. The topological polar surface area (TPSA) is 18.5 Å². The summed E-state index contributed by atoms with van der Waals surface area (Å²) in [6.45, 7) is 26.4. The zero-order valence-corrected chi connectivity index (χ0v) is 28.3. The summed E-state index contributed by atoms with van der Waals surface area (Å²) in [5.41, 5.74) is 8.61. The lowest BCUT2D eigenvalue weighted by atomic mass is 9.85. The monoisotopic (exact) mass is 556 g/mol. The summed E-state index contributed by atoms with van der Waals surface area (Å²) in [5.74, 6) is 2.19. The normalized spacial score (nSPS) is 19.2. The maximum absolute atomic E-state index is 12.6. The first kappa shape index (κ1) is 33.4. The van der Waals surface area contributed by atoms with Crippen molar-refractivity contribution in [2.45, 2.75) is 144 Å². The molecule has 2 nitrogen and oxygen atoms in total. The molecule has 2 rings (SSSR count). The summed E-state index contributed by atoms with van der Waals surface area (Å²) in [4.78, 5) is 0. The molecule has 0 saturated carbocycles. The largest absolute Gasteiger partial charge is 0.543 e. The zero-order chi connectivity index (χ0) is 29.6. The quantitative estimate of drug-likeness (QED) is 0.188. The van der Waals surface area contributed by atoms with Crippen LogP contribution in [0.4, 0.5) is 4.39 Å². The van der Waals surface area contributed by atoms with Gasteiger partial charge in [0, 0.05) is 5.56 Å². The minimum absolute atomic E-state index is 0.142. The smallest absolute Gasteiger partial charge is 0.250 e. The maximum Gasteiger partial charge on any atom is 0.250 e. The molecule has 1 aromatic carbocycles. The molecule has 0 spiro atoms. The molecule has 4 heteroatoms. The van der Waals surface area contributed by atoms with Crippen LogP contribution in [-0.4, -0.2) is 20.6 Å². The fraction of sp³-hybridized carbons (Fsp3) is 0.657. The standard InChI is InChI=1S/C35H57FO2Si/c1-25(18-14-19-27(3)24-36)16-13-17-26(2)20-15-22-35(10)23-21-31-30(6)32(28(4)29(5)33(31)37-35)38-39(11,12)34(7,8)9/h16,19-20H,13-15,17-18,21-24H2,1-12H3/b25-16+,26-20+,27-19+/t35-/m1/s1. The van der Waals surface area contributed by atoms with Crippen LogP contribution in [0.2, 0.25) is 18.1 Å². The highest BCUT2D eigenvalue weighted by Crippen LogP contribution is 2.47. The van der Waals surface area contributed by atoms with Gasteiger partial charge in [0.15, 0.2) is 0 Å². The highest BCUT2D eigenvalue weighted by molar-refractivity contribution is 6.74. The summed E-state index contributed by atoms with van der Waals surface area (Å²) in [6, 6.07) is 0. The first-order chi connectivity index (χ1) is 18.0. The summed E-state index contributed by atoms with van der Waals surface area (Å²) >= 11 is 0. The summed E-state index contributed by atoms with van der Waals surface area (Å²) in [6.07, 6.45) is 15.0. The second kappa shape index (κ2) is 13.7. The molecule has 0 bridgehead atoms. The number of rotatable bonds is 12. The Balaban J connectivity index is 2.01. The first-order valence-corrected chi connectivity index (χ1v) is 18.0. The molecule has 0 saturated heterocycles. The predicted octanol–water partition coefficient (Wildman–Crippen LogP) is 11.2. The summed E-state index contributed by atoms with van der Waals surface area (Å²) in [7, 11) is -1.93. The van der Waals surface area contributed by atoms with Gasteiger partial charge in [0.05, 0.1) is 0 Å². The molecule has 39 heavy (non-hydrogen) atoms. The van der Waals surface area contributed by atoms with Gasteiger partial charge in [-0.05, 0) is 140 Å². The van der Waals surface area contributed by atoms with Crippen LogP contribution in [0.5, 0.6) is 11.5 Å². The average Bonchev–Trinajstić information content (AvgIpc) is 2.84. The lowest BCUT2D eigenvalue weighted by Gasteiger charge is -2.41. The molecule has 1 atom stereocenters. The average molecular weight is 557 g/mol. The number of ether oxygens (including phenoxy) is 1. The van der Waals surface area contributed by atoms with E-state index in [0.717, 1.165) is 68.4 Å². The lowest BCUT2D eigenvalue weighted by Crippen LogP contribution is -2.44. The molecule has 1 aromatic rings. The van der Waals surface area contributed by atoms with E-state index in [2.05, 4.69) is 87.6 Å². The van der Waals surface area contributed by atoms with Gasteiger partial charge in [0.2, 0.25) is 0 Å². The minimum Gasteiger partial charge on any atom is -0.543 e. The third-order valence-corrected chi connectivity index (χ3v) is 13.5. The molecule has 220 valence electrons. The number of halogens is 1. The van der Waals surface area contributed by atoms with Crippen LogP contribution in [-0.2, 0) is 6.42 Å². The lowest BCUT2D eigenvalue weighted by molar-refractivity contribution is 0.0559.